The van der Waals surface area contributed by atoms with Gasteiger partial charge in [-0.05, 0) is 62.4 Å². The number of carbonyl (C=O) groups is 2. The Morgan fingerprint density at radius 3 is 2.29 bits per heavy atom. The minimum absolute atomic E-state index is 0.0209. The van der Waals surface area contributed by atoms with E-state index < -0.39 is 28.4 Å². The van der Waals surface area contributed by atoms with Gasteiger partial charge in [0.05, 0.1) is 4.90 Å². The molecule has 3 rings (SSSR count). The maximum atomic E-state index is 12.7. The number of benzene rings is 2. The first-order chi connectivity index (χ1) is 14.5. The number of aromatic hydroxyl groups is 1. The van der Waals surface area contributed by atoms with Gasteiger partial charge in [-0.25, -0.2) is 18.4 Å². The normalized spacial score (nSPS) is 11.4. The van der Waals surface area contributed by atoms with Crippen LogP contribution in [-0.2, 0) is 14.8 Å². The molecule has 162 valence electrons. The van der Waals surface area contributed by atoms with E-state index in [1.807, 2.05) is 0 Å². The maximum absolute atomic E-state index is 12.7. The van der Waals surface area contributed by atoms with Crippen molar-refractivity contribution in [1.82, 2.24) is 4.57 Å². The van der Waals surface area contributed by atoms with Crippen molar-refractivity contribution in [3.05, 3.63) is 76.1 Å². The number of aromatic nitrogens is 1. The molecule has 8 nitrogen and oxygen atoms in total. The van der Waals surface area contributed by atoms with E-state index in [1.54, 1.807) is 36.6 Å². The largest absolute Gasteiger partial charge is 0.507 e. The molecule has 0 amide bonds. The zero-order chi connectivity index (χ0) is 22.9. The van der Waals surface area contributed by atoms with Gasteiger partial charge in [0.1, 0.15) is 11.3 Å². The number of nitrogens with two attached hydrogens (primary N) is 1. The molecule has 0 aliphatic heterocycles. The van der Waals surface area contributed by atoms with Crippen molar-refractivity contribution in [3.63, 3.8) is 0 Å². The van der Waals surface area contributed by atoms with Gasteiger partial charge < -0.3 is 14.4 Å². The summed E-state index contributed by atoms with van der Waals surface area (Å²) < 4.78 is 29.7. The van der Waals surface area contributed by atoms with Crippen LogP contribution >= 0.6 is 11.6 Å². The van der Waals surface area contributed by atoms with Crippen LogP contribution in [-0.4, -0.2) is 36.5 Å². The van der Waals surface area contributed by atoms with Crippen molar-refractivity contribution in [2.24, 2.45) is 5.14 Å². The van der Waals surface area contributed by atoms with Gasteiger partial charge in [0.15, 0.2) is 6.61 Å². The van der Waals surface area contributed by atoms with Gasteiger partial charge in [-0.3, -0.25) is 4.79 Å². The van der Waals surface area contributed by atoms with E-state index >= 15 is 0 Å². The van der Waals surface area contributed by atoms with Crippen LogP contribution in [0.15, 0.2) is 53.4 Å². The van der Waals surface area contributed by atoms with Gasteiger partial charge in [-0.2, -0.15) is 0 Å². The van der Waals surface area contributed by atoms with Crippen LogP contribution in [0.3, 0.4) is 0 Å². The van der Waals surface area contributed by atoms with Crippen LogP contribution in [0.2, 0.25) is 5.02 Å². The van der Waals surface area contributed by atoms with E-state index in [1.165, 1.54) is 30.3 Å². The summed E-state index contributed by atoms with van der Waals surface area (Å²) in [7, 11) is -3.81. The molecule has 3 N–H and O–H groups in total. The highest BCUT2D eigenvalue weighted by Crippen LogP contribution is 2.24. The van der Waals surface area contributed by atoms with Gasteiger partial charge in [-0.1, -0.05) is 11.6 Å². The average molecular weight is 463 g/mol. The number of Topliss-reactive ketones (excluding diaryl/α,β-unsaturated/α-hetero) is 1. The second kappa shape index (κ2) is 8.54. The van der Waals surface area contributed by atoms with E-state index in [0.717, 1.165) is 5.69 Å². The van der Waals surface area contributed by atoms with Crippen LogP contribution in [0, 0.1) is 13.8 Å². The van der Waals surface area contributed by atoms with Crippen molar-refractivity contribution in [1.29, 1.82) is 0 Å². The fourth-order valence-electron chi connectivity index (χ4n) is 3.19. The highest BCUT2D eigenvalue weighted by Gasteiger charge is 2.20. The predicted molar refractivity (Wildman–Crippen MR) is 114 cm³/mol. The molecule has 2 aromatic carbocycles. The molecule has 10 heteroatoms. The fraction of sp³-hybridized carbons (Fsp3) is 0.143. The average Bonchev–Trinajstić information content (AvgIpc) is 2.99. The Morgan fingerprint density at radius 2 is 1.71 bits per heavy atom. The molecule has 0 atom stereocenters. The van der Waals surface area contributed by atoms with Gasteiger partial charge in [0.25, 0.3) is 0 Å². The van der Waals surface area contributed by atoms with Gasteiger partial charge in [0, 0.05) is 27.7 Å². The second-order valence-corrected chi connectivity index (χ2v) is 8.82. The summed E-state index contributed by atoms with van der Waals surface area (Å²) >= 11 is 5.74. The molecule has 0 aliphatic carbocycles. The molecule has 0 spiro atoms. The van der Waals surface area contributed by atoms with E-state index in [9.17, 15) is 23.1 Å². The standard InChI is InChI=1S/C21H19ClN2O6S/c1-12-9-18(13(2)24(12)15-4-6-16(7-5-15)31(23,28)29)20(26)11-30-21(27)17-8-3-14(22)10-19(17)25/h3-10,25H,11H2,1-2H3,(H2,23,28,29). The molecule has 1 heterocycles. The predicted octanol–water partition coefficient (Wildman–Crippen LogP) is 3.14. The number of phenols is 1. The quantitative estimate of drug-likeness (QED) is 0.427. The SMILES string of the molecule is Cc1cc(C(=O)COC(=O)c2ccc(Cl)cc2O)c(C)n1-c1ccc(S(N)(=O)=O)cc1. The van der Waals surface area contributed by atoms with Gasteiger partial charge >= 0.3 is 5.97 Å². The minimum atomic E-state index is -3.81. The van der Waals surface area contributed by atoms with Crippen molar-refractivity contribution >= 4 is 33.4 Å². The molecule has 0 saturated heterocycles. The number of ether oxygens (including phenoxy) is 1. The Labute approximate surface area is 183 Å². The summed E-state index contributed by atoms with van der Waals surface area (Å²) in [6, 6.07) is 11.5. The summed E-state index contributed by atoms with van der Waals surface area (Å²) in [4.78, 5) is 24.8. The van der Waals surface area contributed by atoms with Crippen molar-refractivity contribution in [3.8, 4) is 11.4 Å². The van der Waals surface area contributed by atoms with E-state index in [2.05, 4.69) is 0 Å². The Kier molecular flexibility index (Phi) is 6.21. The van der Waals surface area contributed by atoms with Gasteiger partial charge in [-0.15, -0.1) is 0 Å². The first-order valence-electron chi connectivity index (χ1n) is 9.00. The third-order valence-corrected chi connectivity index (χ3v) is 5.83. The summed E-state index contributed by atoms with van der Waals surface area (Å²) in [6.07, 6.45) is 0. The lowest BCUT2D eigenvalue weighted by atomic mass is 10.1. The van der Waals surface area contributed by atoms with E-state index in [4.69, 9.17) is 21.5 Å². The fourth-order valence-corrected chi connectivity index (χ4v) is 3.87. The number of esters is 1. The number of halogens is 1. The zero-order valence-corrected chi connectivity index (χ0v) is 18.2. The number of phenolic OH excluding ortho intramolecular Hbond substituents is 1. The molecule has 3 aromatic rings. The Bertz CT molecular complexity index is 1280. The molecule has 0 bridgehead atoms. The summed E-state index contributed by atoms with van der Waals surface area (Å²) in [5, 5.41) is 15.2. The van der Waals surface area contributed by atoms with Crippen LogP contribution in [0.1, 0.15) is 32.1 Å². The molecule has 0 aliphatic rings. The topological polar surface area (TPSA) is 129 Å². The minimum Gasteiger partial charge on any atom is -0.507 e. The number of ketones is 1. The maximum Gasteiger partial charge on any atom is 0.342 e. The number of rotatable bonds is 6. The molecule has 0 unspecified atom stereocenters. The Hall–Kier alpha value is -3.14. The Morgan fingerprint density at radius 1 is 1.06 bits per heavy atom. The third-order valence-electron chi connectivity index (χ3n) is 4.67. The van der Waals surface area contributed by atoms with Crippen molar-refractivity contribution in [2.45, 2.75) is 18.7 Å². The summed E-state index contributed by atoms with van der Waals surface area (Å²) in [6.45, 7) is 2.99. The number of carbonyl (C=O) groups excluding carboxylic acids is 2. The third kappa shape index (κ3) is 4.79. The lowest BCUT2D eigenvalue weighted by molar-refractivity contribution is 0.0471. The summed E-state index contributed by atoms with van der Waals surface area (Å²) in [5.74, 6) is -1.62. The smallest absolute Gasteiger partial charge is 0.342 e. The second-order valence-electron chi connectivity index (χ2n) is 6.82. The number of nitrogens with zero attached hydrogens (tertiary/aromatic N) is 1. The lowest BCUT2D eigenvalue weighted by Crippen LogP contribution is -2.15. The highest BCUT2D eigenvalue weighted by atomic mass is 35.5. The molecular weight excluding hydrogens is 444 g/mol. The number of hydrogen-bond donors (Lipinski definition) is 2. The van der Waals surface area contributed by atoms with Crippen LogP contribution < -0.4 is 5.14 Å². The first kappa shape index (κ1) is 22.5. The molecule has 0 saturated carbocycles. The lowest BCUT2D eigenvalue weighted by Gasteiger charge is -2.11. The molecule has 1 aromatic heterocycles. The van der Waals surface area contributed by atoms with Crippen molar-refractivity contribution in [2.75, 3.05) is 6.61 Å². The van der Waals surface area contributed by atoms with E-state index in [0.29, 0.717) is 16.9 Å². The Balaban J connectivity index is 1.79. The molecule has 31 heavy (non-hydrogen) atoms. The number of hydrogen-bond acceptors (Lipinski definition) is 6. The van der Waals surface area contributed by atoms with Crippen LogP contribution in [0.5, 0.6) is 5.75 Å². The van der Waals surface area contributed by atoms with Gasteiger partial charge in [0.2, 0.25) is 15.8 Å². The molecule has 0 fully saturated rings. The molecular formula is C21H19ClN2O6S. The number of primary sulfonamides is 1. The highest BCUT2D eigenvalue weighted by molar-refractivity contribution is 7.89. The molecule has 0 radical (unpaired) electrons. The summed E-state index contributed by atoms with van der Waals surface area (Å²) in [5.41, 5.74) is 2.21. The number of aryl methyl sites for hydroxylation is 1. The van der Waals surface area contributed by atoms with E-state index in [-0.39, 0.29) is 21.2 Å². The monoisotopic (exact) mass is 462 g/mol. The van der Waals surface area contributed by atoms with Crippen LogP contribution in [0.4, 0.5) is 0 Å². The first-order valence-corrected chi connectivity index (χ1v) is 10.9. The number of sulfonamides is 1. The van der Waals surface area contributed by atoms with Crippen molar-refractivity contribution < 1.29 is 27.9 Å². The van der Waals surface area contributed by atoms with Crippen LogP contribution in [0.25, 0.3) is 5.69 Å². The zero-order valence-electron chi connectivity index (χ0n) is 16.6.